The minimum atomic E-state index is -0.288. The lowest BCUT2D eigenvalue weighted by atomic mass is 9.69. The summed E-state index contributed by atoms with van der Waals surface area (Å²) in [6, 6.07) is 0. The lowest BCUT2D eigenvalue weighted by Gasteiger charge is -2.36. The Hall–Kier alpha value is -0.340. The second-order valence-corrected chi connectivity index (χ2v) is 6.02. The molecule has 0 saturated heterocycles. The summed E-state index contributed by atoms with van der Waals surface area (Å²) in [5.41, 5.74) is 1.28. The van der Waals surface area contributed by atoms with E-state index in [1.54, 1.807) is 0 Å². The van der Waals surface area contributed by atoms with Gasteiger partial charge in [-0.1, -0.05) is 11.6 Å². The van der Waals surface area contributed by atoms with Crippen LogP contribution in [0.1, 0.15) is 32.6 Å². The van der Waals surface area contributed by atoms with Crippen LogP contribution in [0.15, 0.2) is 10.6 Å². The van der Waals surface area contributed by atoms with Gasteiger partial charge >= 0.3 is 0 Å². The average molecular weight is 241 g/mol. The lowest BCUT2D eigenvalue weighted by Crippen LogP contribution is -2.41. The molecule has 0 aromatic rings. The standard InChI is InChI=1S/C13H17ClO2/c1-6(14)11-7-2-3-8(11)13-10(16)5-4-9(15)12(7)13/h7-9,12-13,15H,2-5H2,1H3/t7?,8?,9-,12-,13-/m1/s1. The van der Waals surface area contributed by atoms with Crippen molar-refractivity contribution in [2.24, 2.45) is 23.7 Å². The molecule has 0 heterocycles. The van der Waals surface area contributed by atoms with Crippen LogP contribution in [-0.4, -0.2) is 17.0 Å². The summed E-state index contributed by atoms with van der Waals surface area (Å²) in [6.45, 7) is 1.93. The molecule has 0 amide bonds. The number of aliphatic hydroxyl groups is 1. The van der Waals surface area contributed by atoms with Gasteiger partial charge < -0.3 is 5.11 Å². The summed E-state index contributed by atoms with van der Waals surface area (Å²) in [4.78, 5) is 12.0. The topological polar surface area (TPSA) is 37.3 Å². The highest BCUT2D eigenvalue weighted by Crippen LogP contribution is 2.60. The van der Waals surface area contributed by atoms with Gasteiger partial charge in [-0.3, -0.25) is 4.79 Å². The van der Waals surface area contributed by atoms with E-state index >= 15 is 0 Å². The van der Waals surface area contributed by atoms with Crippen molar-refractivity contribution in [2.45, 2.75) is 38.7 Å². The van der Waals surface area contributed by atoms with E-state index in [-0.39, 0.29) is 17.9 Å². The molecule has 0 aromatic carbocycles. The molecule has 0 spiro atoms. The molecular formula is C13H17ClO2. The predicted octanol–water partition coefficient (Wildman–Crippen LogP) is 2.50. The maximum atomic E-state index is 12.0. The van der Waals surface area contributed by atoms with Crippen LogP contribution in [0.2, 0.25) is 0 Å². The number of halogens is 1. The van der Waals surface area contributed by atoms with Gasteiger partial charge in [-0.15, -0.1) is 0 Å². The third-order valence-electron chi connectivity index (χ3n) is 4.80. The van der Waals surface area contributed by atoms with Crippen LogP contribution >= 0.6 is 11.6 Å². The van der Waals surface area contributed by atoms with Crippen molar-refractivity contribution >= 4 is 17.4 Å². The predicted molar refractivity (Wildman–Crippen MR) is 62.0 cm³/mol. The fourth-order valence-electron chi connectivity index (χ4n) is 4.34. The number of ketones is 1. The summed E-state index contributed by atoms with van der Waals surface area (Å²) in [6.07, 6.45) is 3.11. The normalized spacial score (nSPS) is 49.4. The Morgan fingerprint density at radius 2 is 2.00 bits per heavy atom. The number of carbonyl (C=O) groups is 1. The molecule has 0 aromatic heterocycles. The van der Waals surface area contributed by atoms with Crippen LogP contribution < -0.4 is 0 Å². The van der Waals surface area contributed by atoms with E-state index in [4.69, 9.17) is 11.6 Å². The van der Waals surface area contributed by atoms with Crippen LogP contribution in [0.3, 0.4) is 0 Å². The Morgan fingerprint density at radius 3 is 2.62 bits per heavy atom. The number of Topliss-reactive ketones (excluding diaryl/α,β-unsaturated/α-hetero) is 1. The second-order valence-electron chi connectivity index (χ2n) is 5.45. The molecule has 16 heavy (non-hydrogen) atoms. The summed E-state index contributed by atoms with van der Waals surface area (Å²) in [5, 5.41) is 11.0. The van der Waals surface area contributed by atoms with Gasteiger partial charge in [0.2, 0.25) is 0 Å². The van der Waals surface area contributed by atoms with Crippen molar-refractivity contribution < 1.29 is 9.90 Å². The van der Waals surface area contributed by atoms with Crippen molar-refractivity contribution in [1.82, 2.24) is 0 Å². The third kappa shape index (κ3) is 1.26. The molecule has 2 nitrogen and oxygen atoms in total. The zero-order valence-corrected chi connectivity index (χ0v) is 10.2. The maximum Gasteiger partial charge on any atom is 0.137 e. The molecule has 3 heteroatoms. The van der Waals surface area contributed by atoms with Crippen LogP contribution in [0.4, 0.5) is 0 Å². The Bertz CT molecular complexity index is 370. The lowest BCUT2D eigenvalue weighted by molar-refractivity contribution is -0.133. The molecule has 0 radical (unpaired) electrons. The molecule has 3 saturated carbocycles. The van der Waals surface area contributed by atoms with Gasteiger partial charge in [-0.2, -0.15) is 0 Å². The number of hydrogen-bond donors (Lipinski definition) is 1. The Morgan fingerprint density at radius 1 is 1.31 bits per heavy atom. The van der Waals surface area contributed by atoms with Gasteiger partial charge in [0.05, 0.1) is 6.10 Å². The van der Waals surface area contributed by atoms with E-state index in [0.29, 0.717) is 30.5 Å². The zero-order chi connectivity index (χ0) is 11.4. The van der Waals surface area contributed by atoms with Crippen LogP contribution in [-0.2, 0) is 4.79 Å². The van der Waals surface area contributed by atoms with Crippen molar-refractivity contribution in [3.05, 3.63) is 10.6 Å². The number of fused-ring (bicyclic) bond motifs is 5. The molecular weight excluding hydrogens is 224 g/mol. The van der Waals surface area contributed by atoms with E-state index < -0.39 is 0 Å². The molecule has 1 N–H and O–H groups in total. The highest BCUT2D eigenvalue weighted by atomic mass is 35.5. The molecule has 3 fully saturated rings. The number of carbonyl (C=O) groups excluding carboxylic acids is 1. The minimum absolute atomic E-state index is 0.0752. The first-order valence-electron chi connectivity index (χ1n) is 6.18. The molecule has 3 aliphatic rings. The summed E-state index contributed by atoms with van der Waals surface area (Å²) >= 11 is 6.16. The van der Waals surface area contributed by atoms with Gasteiger partial charge in [0.1, 0.15) is 5.78 Å². The maximum absolute atomic E-state index is 12.0. The van der Waals surface area contributed by atoms with Crippen molar-refractivity contribution in [2.75, 3.05) is 0 Å². The van der Waals surface area contributed by atoms with Gasteiger partial charge in [0.15, 0.2) is 0 Å². The Labute approximate surface area is 101 Å². The van der Waals surface area contributed by atoms with Crippen LogP contribution in [0.25, 0.3) is 0 Å². The average Bonchev–Trinajstić information content (AvgIpc) is 2.79. The van der Waals surface area contributed by atoms with Crippen LogP contribution in [0, 0.1) is 23.7 Å². The fourth-order valence-corrected chi connectivity index (χ4v) is 4.62. The first-order valence-corrected chi connectivity index (χ1v) is 6.56. The molecule has 88 valence electrons. The van der Waals surface area contributed by atoms with E-state index in [1.165, 1.54) is 5.57 Å². The van der Waals surface area contributed by atoms with Crippen molar-refractivity contribution in [3.8, 4) is 0 Å². The van der Waals surface area contributed by atoms with Gasteiger partial charge in [-0.25, -0.2) is 0 Å². The van der Waals surface area contributed by atoms with Gasteiger partial charge in [0, 0.05) is 23.3 Å². The van der Waals surface area contributed by atoms with E-state index in [9.17, 15) is 9.90 Å². The Balaban J connectivity index is 2.04. The van der Waals surface area contributed by atoms with Gasteiger partial charge in [0.25, 0.3) is 0 Å². The van der Waals surface area contributed by atoms with Gasteiger partial charge in [-0.05, 0) is 43.6 Å². The molecule has 3 rings (SSSR count). The molecule has 5 atom stereocenters. The highest BCUT2D eigenvalue weighted by molar-refractivity contribution is 6.29. The highest BCUT2D eigenvalue weighted by Gasteiger charge is 2.57. The SMILES string of the molecule is CC(Cl)=C1C2CCC1[C@@H]1C(=O)CC[C@@H](O)[C@@H]21. The number of rotatable bonds is 0. The first kappa shape index (κ1) is 10.8. The summed E-state index contributed by atoms with van der Waals surface area (Å²) in [7, 11) is 0. The second kappa shape index (κ2) is 3.58. The van der Waals surface area contributed by atoms with E-state index in [2.05, 4.69) is 0 Å². The molecule has 2 bridgehead atoms. The monoisotopic (exact) mass is 240 g/mol. The molecule has 0 aliphatic heterocycles. The van der Waals surface area contributed by atoms with Crippen molar-refractivity contribution in [1.29, 1.82) is 0 Å². The van der Waals surface area contributed by atoms with Crippen molar-refractivity contribution in [3.63, 3.8) is 0 Å². The van der Waals surface area contributed by atoms with E-state index in [1.807, 2.05) is 6.92 Å². The van der Waals surface area contributed by atoms with E-state index in [0.717, 1.165) is 17.9 Å². The largest absolute Gasteiger partial charge is 0.393 e. The summed E-state index contributed by atoms with van der Waals surface area (Å²) in [5.74, 6) is 1.33. The fraction of sp³-hybridized carbons (Fsp3) is 0.769. The number of allylic oxidation sites excluding steroid dienone is 2. The Kier molecular flexibility index (Phi) is 2.41. The minimum Gasteiger partial charge on any atom is -0.393 e. The van der Waals surface area contributed by atoms with Crippen LogP contribution in [0.5, 0.6) is 0 Å². The quantitative estimate of drug-likeness (QED) is 0.707. The number of aliphatic hydroxyl groups excluding tert-OH is 1. The molecule has 2 unspecified atom stereocenters. The third-order valence-corrected chi connectivity index (χ3v) is 5.02. The number of hydrogen-bond acceptors (Lipinski definition) is 2. The summed E-state index contributed by atoms with van der Waals surface area (Å²) < 4.78 is 0. The smallest absolute Gasteiger partial charge is 0.137 e. The molecule has 3 aliphatic carbocycles. The first-order chi connectivity index (χ1) is 7.61. The zero-order valence-electron chi connectivity index (χ0n) is 9.45.